The fraction of sp³-hybridized carbons (Fsp3) is 0.176. The van der Waals surface area contributed by atoms with Gasteiger partial charge in [0.1, 0.15) is 0 Å². The van der Waals surface area contributed by atoms with Crippen molar-refractivity contribution in [3.05, 3.63) is 63.1 Å². The fourth-order valence-electron chi connectivity index (χ4n) is 2.20. The van der Waals surface area contributed by atoms with Crippen LogP contribution in [0.25, 0.3) is 0 Å². The number of carbonyl (C=O) groups is 2. The Morgan fingerprint density at radius 3 is 2.25 bits per heavy atom. The van der Waals surface area contributed by atoms with Crippen molar-refractivity contribution in [1.29, 1.82) is 0 Å². The van der Waals surface area contributed by atoms with E-state index < -0.39 is 17.8 Å². The van der Waals surface area contributed by atoms with Crippen molar-refractivity contribution in [3.63, 3.8) is 0 Å². The standard InChI is InChI=1S/C17H14Cl3NO3/c18-12-3-1-10(2-4-12)7-11(8-16(22)23)17(24)21-15-9-13(19)5-6-14(15)20/h1-6,9,11H,7-8H2,(H,21,24)(H,22,23)/t11-/m1/s1. The second-order valence-electron chi connectivity index (χ2n) is 5.24. The lowest BCUT2D eigenvalue weighted by Gasteiger charge is -2.16. The van der Waals surface area contributed by atoms with Crippen LogP contribution in [0.1, 0.15) is 12.0 Å². The highest BCUT2D eigenvalue weighted by molar-refractivity contribution is 6.35. The van der Waals surface area contributed by atoms with Crippen LogP contribution in [0, 0.1) is 5.92 Å². The molecule has 0 unspecified atom stereocenters. The van der Waals surface area contributed by atoms with Gasteiger partial charge >= 0.3 is 5.97 Å². The van der Waals surface area contributed by atoms with Gasteiger partial charge in [0.2, 0.25) is 5.91 Å². The Hall–Kier alpha value is -1.75. The summed E-state index contributed by atoms with van der Waals surface area (Å²) in [6, 6.07) is 11.6. The molecule has 1 atom stereocenters. The first kappa shape index (κ1) is 18.6. The zero-order valence-electron chi connectivity index (χ0n) is 12.4. The summed E-state index contributed by atoms with van der Waals surface area (Å²) in [7, 11) is 0. The molecule has 2 aromatic rings. The van der Waals surface area contributed by atoms with Crippen LogP contribution in [-0.2, 0) is 16.0 Å². The van der Waals surface area contributed by atoms with Crippen LogP contribution in [-0.4, -0.2) is 17.0 Å². The monoisotopic (exact) mass is 385 g/mol. The maximum Gasteiger partial charge on any atom is 0.304 e. The van der Waals surface area contributed by atoms with Crippen LogP contribution in [0.4, 0.5) is 5.69 Å². The Balaban J connectivity index is 2.16. The molecule has 0 bridgehead atoms. The molecule has 0 aliphatic carbocycles. The van der Waals surface area contributed by atoms with Crippen molar-refractivity contribution in [2.75, 3.05) is 5.32 Å². The van der Waals surface area contributed by atoms with Gasteiger partial charge in [0, 0.05) is 10.0 Å². The van der Waals surface area contributed by atoms with E-state index in [4.69, 9.17) is 39.9 Å². The first-order valence-electron chi connectivity index (χ1n) is 7.07. The van der Waals surface area contributed by atoms with E-state index in [9.17, 15) is 9.59 Å². The normalized spacial score (nSPS) is 11.8. The Kier molecular flexibility index (Phi) is 6.49. The second-order valence-corrected chi connectivity index (χ2v) is 6.52. The molecule has 4 nitrogen and oxygen atoms in total. The number of carboxylic acid groups (broad SMARTS) is 1. The first-order valence-corrected chi connectivity index (χ1v) is 8.20. The molecule has 0 spiro atoms. The quantitative estimate of drug-likeness (QED) is 0.740. The van der Waals surface area contributed by atoms with E-state index in [1.54, 1.807) is 36.4 Å². The SMILES string of the molecule is O=C(O)C[C@@H](Cc1ccc(Cl)cc1)C(=O)Nc1cc(Cl)ccc1Cl. The van der Waals surface area contributed by atoms with Gasteiger partial charge in [-0.15, -0.1) is 0 Å². The molecule has 0 saturated heterocycles. The predicted octanol–water partition coefficient (Wildman–Crippen LogP) is 4.92. The predicted molar refractivity (Wildman–Crippen MR) is 96.0 cm³/mol. The molecule has 7 heteroatoms. The van der Waals surface area contributed by atoms with E-state index in [0.29, 0.717) is 20.8 Å². The highest BCUT2D eigenvalue weighted by Gasteiger charge is 2.23. The van der Waals surface area contributed by atoms with Gasteiger partial charge < -0.3 is 10.4 Å². The van der Waals surface area contributed by atoms with Crippen LogP contribution >= 0.6 is 34.8 Å². The number of nitrogens with one attached hydrogen (secondary N) is 1. The van der Waals surface area contributed by atoms with Crippen molar-refractivity contribution in [1.82, 2.24) is 0 Å². The van der Waals surface area contributed by atoms with Gasteiger partial charge in [0.25, 0.3) is 0 Å². The van der Waals surface area contributed by atoms with Crippen LogP contribution in [0.5, 0.6) is 0 Å². The lowest BCUT2D eigenvalue weighted by molar-refractivity contribution is -0.140. The summed E-state index contributed by atoms with van der Waals surface area (Å²) < 4.78 is 0. The Morgan fingerprint density at radius 2 is 1.62 bits per heavy atom. The summed E-state index contributed by atoms with van der Waals surface area (Å²) in [5.74, 6) is -2.24. The minimum Gasteiger partial charge on any atom is -0.481 e. The number of carboxylic acids is 1. The molecular weight excluding hydrogens is 373 g/mol. The van der Waals surface area contributed by atoms with Crippen LogP contribution in [0.3, 0.4) is 0 Å². The number of hydrogen-bond donors (Lipinski definition) is 2. The van der Waals surface area contributed by atoms with E-state index >= 15 is 0 Å². The molecule has 0 aromatic heterocycles. The van der Waals surface area contributed by atoms with E-state index in [2.05, 4.69) is 5.32 Å². The zero-order chi connectivity index (χ0) is 17.7. The third-order valence-corrected chi connectivity index (χ3v) is 4.19. The summed E-state index contributed by atoms with van der Waals surface area (Å²) in [5, 5.41) is 13.0. The third kappa shape index (κ3) is 5.41. The second kappa shape index (κ2) is 8.38. The zero-order valence-corrected chi connectivity index (χ0v) is 14.7. The van der Waals surface area contributed by atoms with Crippen molar-refractivity contribution in [3.8, 4) is 0 Å². The van der Waals surface area contributed by atoms with Gasteiger partial charge in [-0.05, 0) is 42.3 Å². The molecule has 0 aliphatic rings. The van der Waals surface area contributed by atoms with Gasteiger partial charge in [-0.25, -0.2) is 0 Å². The van der Waals surface area contributed by atoms with Crippen LogP contribution in [0.2, 0.25) is 15.1 Å². The average molecular weight is 387 g/mol. The number of hydrogen-bond acceptors (Lipinski definition) is 2. The van der Waals surface area contributed by atoms with Crippen LogP contribution in [0.15, 0.2) is 42.5 Å². The molecule has 2 rings (SSSR count). The van der Waals surface area contributed by atoms with Gasteiger partial charge in [-0.2, -0.15) is 0 Å². The smallest absolute Gasteiger partial charge is 0.304 e. The van der Waals surface area contributed by atoms with E-state index in [1.807, 2.05) is 0 Å². The summed E-state index contributed by atoms with van der Waals surface area (Å²) in [4.78, 5) is 23.6. The van der Waals surface area contributed by atoms with Gasteiger partial charge in [0.05, 0.1) is 23.0 Å². The van der Waals surface area contributed by atoms with Crippen molar-refractivity contribution in [2.45, 2.75) is 12.8 Å². The Bertz CT molecular complexity index is 747. The molecule has 0 aliphatic heterocycles. The minimum absolute atomic E-state index is 0.271. The van der Waals surface area contributed by atoms with Crippen molar-refractivity contribution >= 4 is 52.4 Å². The number of anilines is 1. The Labute approximate surface area is 154 Å². The molecular formula is C17H14Cl3NO3. The highest BCUT2D eigenvalue weighted by atomic mass is 35.5. The molecule has 1 amide bonds. The number of benzene rings is 2. The number of amides is 1. The molecule has 2 aromatic carbocycles. The van der Waals surface area contributed by atoms with E-state index in [-0.39, 0.29) is 12.8 Å². The highest BCUT2D eigenvalue weighted by Crippen LogP contribution is 2.26. The van der Waals surface area contributed by atoms with Crippen molar-refractivity contribution < 1.29 is 14.7 Å². The lowest BCUT2D eigenvalue weighted by atomic mass is 9.95. The summed E-state index contributed by atoms with van der Waals surface area (Å²) in [6.45, 7) is 0. The van der Waals surface area contributed by atoms with Gasteiger partial charge in [-0.1, -0.05) is 46.9 Å². The molecule has 0 fully saturated rings. The molecule has 0 heterocycles. The number of aliphatic carboxylic acids is 1. The molecule has 0 saturated carbocycles. The van der Waals surface area contributed by atoms with Gasteiger partial charge in [0.15, 0.2) is 0 Å². The largest absolute Gasteiger partial charge is 0.481 e. The van der Waals surface area contributed by atoms with Crippen LogP contribution < -0.4 is 5.32 Å². The summed E-state index contributed by atoms with van der Waals surface area (Å²) in [5.41, 5.74) is 1.17. The summed E-state index contributed by atoms with van der Waals surface area (Å²) in [6.07, 6.45) is -0.0276. The van der Waals surface area contributed by atoms with E-state index in [0.717, 1.165) is 5.56 Å². The maximum atomic E-state index is 12.5. The molecule has 126 valence electrons. The number of carbonyl (C=O) groups excluding carboxylic acids is 1. The molecule has 24 heavy (non-hydrogen) atoms. The number of halogens is 3. The topological polar surface area (TPSA) is 66.4 Å². The molecule has 2 N–H and O–H groups in total. The van der Waals surface area contributed by atoms with Gasteiger partial charge in [-0.3, -0.25) is 9.59 Å². The minimum atomic E-state index is -1.05. The maximum absolute atomic E-state index is 12.5. The average Bonchev–Trinajstić information content (AvgIpc) is 2.52. The van der Waals surface area contributed by atoms with Crippen molar-refractivity contribution in [2.24, 2.45) is 5.92 Å². The molecule has 0 radical (unpaired) electrons. The third-order valence-electron chi connectivity index (χ3n) is 3.37. The fourth-order valence-corrected chi connectivity index (χ4v) is 2.66. The first-order chi connectivity index (χ1) is 11.3. The van der Waals surface area contributed by atoms with E-state index in [1.165, 1.54) is 6.07 Å². The summed E-state index contributed by atoms with van der Waals surface area (Å²) >= 11 is 17.8. The Morgan fingerprint density at radius 1 is 1.00 bits per heavy atom. The lowest BCUT2D eigenvalue weighted by Crippen LogP contribution is -2.27. The number of rotatable bonds is 6.